The van der Waals surface area contributed by atoms with Crippen LogP contribution in [0.15, 0.2) is 22.7 Å². The summed E-state index contributed by atoms with van der Waals surface area (Å²) in [6, 6.07) is 6.11. The van der Waals surface area contributed by atoms with Crippen LogP contribution in [0, 0.1) is 6.92 Å². The van der Waals surface area contributed by atoms with Gasteiger partial charge in [0.05, 0.1) is 12.2 Å². The third-order valence-corrected chi connectivity index (χ3v) is 4.44. The molecule has 0 amide bonds. The summed E-state index contributed by atoms with van der Waals surface area (Å²) >= 11 is 9.70. The predicted octanol–water partition coefficient (Wildman–Crippen LogP) is 5.09. The molecule has 0 radical (unpaired) electrons. The van der Waals surface area contributed by atoms with Gasteiger partial charge in [0, 0.05) is 16.6 Å². The van der Waals surface area contributed by atoms with Crippen molar-refractivity contribution < 1.29 is 0 Å². The van der Waals surface area contributed by atoms with Crippen molar-refractivity contribution in [3.63, 3.8) is 0 Å². The van der Waals surface area contributed by atoms with E-state index in [2.05, 4.69) is 51.1 Å². The standard InChI is InChI=1S/C15H19BrClN3/c1-3-4-8-14-19-13(15(17)20-14)9-18-12-7-5-6-11(16)10(12)2/h5-7,18H,3-4,8-9H2,1-2H3,(H,19,20). The molecule has 0 bridgehead atoms. The molecule has 5 heteroatoms. The second-order valence-electron chi connectivity index (χ2n) is 4.82. The van der Waals surface area contributed by atoms with E-state index in [-0.39, 0.29) is 0 Å². The molecule has 0 unspecified atom stereocenters. The van der Waals surface area contributed by atoms with Crippen LogP contribution in [0.2, 0.25) is 5.15 Å². The van der Waals surface area contributed by atoms with Crippen LogP contribution in [0.4, 0.5) is 5.69 Å². The first-order chi connectivity index (χ1) is 9.61. The van der Waals surface area contributed by atoms with Crippen molar-refractivity contribution in [3.05, 3.63) is 44.9 Å². The van der Waals surface area contributed by atoms with Crippen LogP contribution < -0.4 is 5.32 Å². The molecular formula is C15H19BrClN3. The zero-order chi connectivity index (χ0) is 14.5. The number of nitrogens with one attached hydrogen (secondary N) is 2. The van der Waals surface area contributed by atoms with Gasteiger partial charge in [0.1, 0.15) is 5.82 Å². The van der Waals surface area contributed by atoms with Gasteiger partial charge in [-0.05, 0) is 31.0 Å². The highest BCUT2D eigenvalue weighted by molar-refractivity contribution is 9.10. The molecule has 0 spiro atoms. The number of aryl methyl sites for hydroxylation is 1. The average Bonchev–Trinajstić information content (AvgIpc) is 2.79. The lowest BCUT2D eigenvalue weighted by Gasteiger charge is -2.09. The number of unbranched alkanes of at least 4 members (excludes halogenated alkanes) is 1. The number of halogens is 2. The molecule has 0 aliphatic rings. The Bertz CT molecular complexity index is 580. The van der Waals surface area contributed by atoms with E-state index >= 15 is 0 Å². The van der Waals surface area contributed by atoms with Crippen molar-refractivity contribution in [1.82, 2.24) is 9.97 Å². The fourth-order valence-corrected chi connectivity index (χ4v) is 2.58. The van der Waals surface area contributed by atoms with Gasteiger partial charge in [0.25, 0.3) is 0 Å². The second-order valence-corrected chi connectivity index (χ2v) is 6.03. The number of aromatic amines is 1. The van der Waals surface area contributed by atoms with Gasteiger partial charge < -0.3 is 10.3 Å². The van der Waals surface area contributed by atoms with Crippen molar-refractivity contribution in [3.8, 4) is 0 Å². The van der Waals surface area contributed by atoms with Crippen molar-refractivity contribution in [2.45, 2.75) is 39.7 Å². The largest absolute Gasteiger partial charge is 0.379 e. The van der Waals surface area contributed by atoms with Gasteiger partial charge in [0.2, 0.25) is 0 Å². The maximum absolute atomic E-state index is 6.17. The summed E-state index contributed by atoms with van der Waals surface area (Å²) < 4.78 is 1.10. The van der Waals surface area contributed by atoms with Crippen molar-refractivity contribution in [2.24, 2.45) is 0 Å². The minimum absolute atomic E-state index is 0.566. The van der Waals surface area contributed by atoms with Crippen molar-refractivity contribution in [1.29, 1.82) is 0 Å². The molecule has 1 heterocycles. The number of hydrogen-bond donors (Lipinski definition) is 2. The summed E-state index contributed by atoms with van der Waals surface area (Å²) in [6.07, 6.45) is 3.23. The van der Waals surface area contributed by atoms with E-state index in [1.54, 1.807) is 0 Å². The Balaban J connectivity index is 2.03. The van der Waals surface area contributed by atoms with Gasteiger partial charge in [-0.1, -0.05) is 46.9 Å². The number of hydrogen-bond acceptors (Lipinski definition) is 2. The van der Waals surface area contributed by atoms with Gasteiger partial charge in [-0.25, -0.2) is 4.98 Å². The Labute approximate surface area is 133 Å². The number of rotatable bonds is 6. The molecule has 0 aliphatic carbocycles. The van der Waals surface area contributed by atoms with Gasteiger partial charge in [-0.3, -0.25) is 0 Å². The van der Waals surface area contributed by atoms with Crippen LogP contribution >= 0.6 is 27.5 Å². The Morgan fingerprint density at radius 1 is 1.40 bits per heavy atom. The Morgan fingerprint density at radius 2 is 2.20 bits per heavy atom. The first-order valence-electron chi connectivity index (χ1n) is 6.84. The SMILES string of the molecule is CCCCc1nc(Cl)c(CNc2cccc(Br)c2C)[nH]1. The highest BCUT2D eigenvalue weighted by atomic mass is 79.9. The highest BCUT2D eigenvalue weighted by Gasteiger charge is 2.08. The molecule has 0 atom stereocenters. The van der Waals surface area contributed by atoms with E-state index in [9.17, 15) is 0 Å². The molecular weight excluding hydrogens is 338 g/mol. The Kier molecular flexibility index (Phi) is 5.49. The van der Waals surface area contributed by atoms with Crippen LogP contribution in [0.1, 0.15) is 36.8 Å². The number of anilines is 1. The lowest BCUT2D eigenvalue weighted by molar-refractivity contribution is 0.760. The summed E-state index contributed by atoms with van der Waals surface area (Å²) in [5, 5.41) is 3.96. The molecule has 2 aromatic rings. The van der Waals surface area contributed by atoms with Gasteiger partial charge in [-0.2, -0.15) is 0 Å². The molecule has 3 nitrogen and oxygen atoms in total. The monoisotopic (exact) mass is 355 g/mol. The Morgan fingerprint density at radius 3 is 2.95 bits per heavy atom. The molecule has 0 saturated carbocycles. The molecule has 108 valence electrons. The molecule has 20 heavy (non-hydrogen) atoms. The maximum Gasteiger partial charge on any atom is 0.152 e. The number of aromatic nitrogens is 2. The number of nitrogens with zero attached hydrogens (tertiary/aromatic N) is 1. The number of imidazole rings is 1. The number of H-pyrrole nitrogens is 1. The van der Waals surface area contributed by atoms with E-state index in [4.69, 9.17) is 11.6 Å². The van der Waals surface area contributed by atoms with Crippen molar-refractivity contribution >= 4 is 33.2 Å². The second kappa shape index (κ2) is 7.14. The minimum atomic E-state index is 0.566. The van der Waals surface area contributed by atoms with Crippen LogP contribution in [0.5, 0.6) is 0 Å². The Hall–Kier alpha value is -1.00. The van der Waals surface area contributed by atoms with Crippen LogP contribution in [0.3, 0.4) is 0 Å². The molecule has 1 aromatic carbocycles. The summed E-state index contributed by atoms with van der Waals surface area (Å²) in [4.78, 5) is 7.66. The number of benzene rings is 1. The lowest BCUT2D eigenvalue weighted by Crippen LogP contribution is -2.02. The molecule has 2 rings (SSSR count). The molecule has 0 saturated heterocycles. The minimum Gasteiger partial charge on any atom is -0.379 e. The molecule has 2 N–H and O–H groups in total. The van der Waals surface area contributed by atoms with Crippen LogP contribution in [0.25, 0.3) is 0 Å². The highest BCUT2D eigenvalue weighted by Crippen LogP contribution is 2.24. The van der Waals surface area contributed by atoms with E-state index in [0.717, 1.165) is 40.9 Å². The zero-order valence-corrected chi connectivity index (χ0v) is 14.1. The van der Waals surface area contributed by atoms with E-state index < -0.39 is 0 Å². The molecule has 0 fully saturated rings. The van der Waals surface area contributed by atoms with E-state index in [0.29, 0.717) is 11.7 Å². The zero-order valence-electron chi connectivity index (χ0n) is 11.8. The van der Waals surface area contributed by atoms with Gasteiger partial charge >= 0.3 is 0 Å². The van der Waals surface area contributed by atoms with Crippen LogP contribution in [-0.4, -0.2) is 9.97 Å². The smallest absolute Gasteiger partial charge is 0.152 e. The van der Waals surface area contributed by atoms with E-state index in [1.807, 2.05) is 12.1 Å². The summed E-state index contributed by atoms with van der Waals surface area (Å²) in [7, 11) is 0. The first-order valence-corrected chi connectivity index (χ1v) is 8.01. The molecule has 1 aromatic heterocycles. The molecule has 0 aliphatic heterocycles. The lowest BCUT2D eigenvalue weighted by atomic mass is 10.2. The topological polar surface area (TPSA) is 40.7 Å². The fraction of sp³-hybridized carbons (Fsp3) is 0.400. The van der Waals surface area contributed by atoms with Crippen LogP contribution in [-0.2, 0) is 13.0 Å². The quantitative estimate of drug-likeness (QED) is 0.757. The fourth-order valence-electron chi connectivity index (χ4n) is 2.00. The van der Waals surface area contributed by atoms with Gasteiger partial charge in [-0.15, -0.1) is 0 Å². The van der Waals surface area contributed by atoms with E-state index in [1.165, 1.54) is 5.56 Å². The summed E-state index contributed by atoms with van der Waals surface area (Å²) in [5.41, 5.74) is 3.23. The first kappa shape index (κ1) is 15.4. The third-order valence-electron chi connectivity index (χ3n) is 3.27. The summed E-state index contributed by atoms with van der Waals surface area (Å²) in [5.74, 6) is 0.972. The average molecular weight is 357 g/mol. The third kappa shape index (κ3) is 3.76. The summed E-state index contributed by atoms with van der Waals surface area (Å²) in [6.45, 7) is 4.89. The maximum atomic E-state index is 6.17. The van der Waals surface area contributed by atoms with Crippen molar-refractivity contribution in [2.75, 3.05) is 5.32 Å². The van der Waals surface area contributed by atoms with Gasteiger partial charge in [0.15, 0.2) is 5.15 Å². The predicted molar refractivity (Wildman–Crippen MR) is 88.4 cm³/mol. The normalized spacial score (nSPS) is 10.8.